The van der Waals surface area contributed by atoms with Crippen LogP contribution < -0.4 is 11.1 Å². The highest BCUT2D eigenvalue weighted by molar-refractivity contribution is 6.00. The summed E-state index contributed by atoms with van der Waals surface area (Å²) in [5, 5.41) is 23.5. The zero-order chi connectivity index (χ0) is 28.7. The van der Waals surface area contributed by atoms with E-state index in [-0.39, 0.29) is 46.0 Å². The minimum absolute atomic E-state index is 0.0759. The highest BCUT2D eigenvalue weighted by atomic mass is 16.3. The summed E-state index contributed by atoms with van der Waals surface area (Å²) in [6.07, 6.45) is 8.63. The Kier molecular flexibility index (Phi) is 6.11. The van der Waals surface area contributed by atoms with E-state index < -0.39 is 10.8 Å². The third-order valence-electron chi connectivity index (χ3n) is 12.1. The van der Waals surface area contributed by atoms with Gasteiger partial charge in [-0.25, -0.2) is 0 Å². The van der Waals surface area contributed by atoms with Crippen molar-refractivity contribution in [2.75, 3.05) is 5.73 Å². The van der Waals surface area contributed by atoms with E-state index in [0.717, 1.165) is 80.9 Å². The van der Waals surface area contributed by atoms with Crippen LogP contribution in [-0.2, 0) is 33.3 Å². The normalized spacial score (nSPS) is 36.4. The number of hydrogen-bond donors (Lipinski definition) is 4. The first-order valence-electron chi connectivity index (χ1n) is 15.1. The Bertz CT molecular complexity index is 1400. The number of nitrogens with two attached hydrogens (primary N) is 1. The second-order valence-electron chi connectivity index (χ2n) is 14.3. The Labute approximate surface area is 237 Å². The van der Waals surface area contributed by atoms with Crippen molar-refractivity contribution in [3.8, 4) is 11.5 Å². The molecule has 2 amide bonds. The van der Waals surface area contributed by atoms with Crippen LogP contribution in [0.4, 0.5) is 5.69 Å². The van der Waals surface area contributed by atoms with Crippen LogP contribution in [-0.4, -0.2) is 22.0 Å². The second kappa shape index (κ2) is 8.99. The van der Waals surface area contributed by atoms with Gasteiger partial charge in [-0.1, -0.05) is 46.6 Å². The number of anilines is 1. The molecule has 0 saturated heterocycles. The number of fused-ring (bicyclic) bond motifs is 6. The van der Waals surface area contributed by atoms with Crippen LogP contribution in [0.25, 0.3) is 0 Å². The molecule has 6 rings (SSSR count). The zero-order valence-corrected chi connectivity index (χ0v) is 24.4. The molecule has 0 radical (unpaired) electrons. The number of nitrogen functional groups attached to an aromatic ring is 1. The summed E-state index contributed by atoms with van der Waals surface area (Å²) < 4.78 is 0. The maximum absolute atomic E-state index is 14.2. The van der Waals surface area contributed by atoms with E-state index in [4.69, 9.17) is 5.73 Å². The lowest BCUT2D eigenvalue weighted by Gasteiger charge is -2.56. The van der Waals surface area contributed by atoms with Crippen molar-refractivity contribution >= 4 is 17.5 Å². The van der Waals surface area contributed by atoms with Crippen LogP contribution in [0.5, 0.6) is 11.5 Å². The van der Waals surface area contributed by atoms with Gasteiger partial charge in [0.2, 0.25) is 11.8 Å². The molecule has 0 unspecified atom stereocenters. The van der Waals surface area contributed by atoms with Gasteiger partial charge < -0.3 is 15.9 Å². The number of carbonyl (C=O) groups excluding carboxylic acids is 2. The van der Waals surface area contributed by atoms with Crippen LogP contribution in [0.3, 0.4) is 0 Å². The number of imide groups is 1. The molecule has 0 aromatic heterocycles. The standard InChI is InChI=1S/C34H44N2O4/c1-31-13-5-15-33(3,27(31)11-8-20-7-10-22(37)18-23(20)31)29(39)36-30(40)34(4)16-6-14-32(2)24-19-25(35)26(38)17-21(24)9-12-28(32)34/h7,10,17-19,27-28,37-38H,5-6,8-9,11-16,35H2,1-4H3,(H,36,39,40)/t27-,28-,31-,32-,33+,34+/m1/s1. The lowest BCUT2D eigenvalue weighted by atomic mass is 9.49. The van der Waals surface area contributed by atoms with Crippen molar-refractivity contribution in [1.29, 1.82) is 0 Å². The minimum atomic E-state index is -0.674. The lowest BCUT2D eigenvalue weighted by Crippen LogP contribution is -2.60. The molecular weight excluding hydrogens is 500 g/mol. The van der Waals surface area contributed by atoms with Gasteiger partial charge in [0, 0.05) is 0 Å². The van der Waals surface area contributed by atoms with E-state index in [2.05, 4.69) is 33.0 Å². The fraction of sp³-hybridized carbons (Fsp3) is 0.588. The number of carbonyl (C=O) groups is 2. The van der Waals surface area contributed by atoms with E-state index in [1.807, 2.05) is 18.2 Å². The molecule has 0 heterocycles. The van der Waals surface area contributed by atoms with Crippen LogP contribution in [0.15, 0.2) is 30.3 Å². The summed E-state index contributed by atoms with van der Waals surface area (Å²) in [6, 6.07) is 9.39. The Hall–Kier alpha value is -3.02. The van der Waals surface area contributed by atoms with E-state index >= 15 is 0 Å². The fourth-order valence-corrected chi connectivity index (χ4v) is 9.90. The number of hydrogen-bond acceptors (Lipinski definition) is 5. The number of phenolic OH excluding ortho intramolecular Hbond substituents is 2. The van der Waals surface area contributed by atoms with E-state index in [9.17, 15) is 19.8 Å². The van der Waals surface area contributed by atoms with Crippen molar-refractivity contribution in [2.24, 2.45) is 22.7 Å². The summed E-state index contributed by atoms with van der Waals surface area (Å²) >= 11 is 0. The highest BCUT2D eigenvalue weighted by Crippen LogP contribution is 2.60. The average Bonchev–Trinajstić information content (AvgIpc) is 2.90. The number of benzene rings is 2. The summed E-state index contributed by atoms with van der Waals surface area (Å²) in [5.41, 5.74) is 9.39. The zero-order valence-electron chi connectivity index (χ0n) is 24.4. The molecule has 2 saturated carbocycles. The van der Waals surface area contributed by atoms with Gasteiger partial charge in [0.05, 0.1) is 16.5 Å². The monoisotopic (exact) mass is 544 g/mol. The molecule has 4 aliphatic rings. The molecule has 5 N–H and O–H groups in total. The molecule has 0 bridgehead atoms. The molecular formula is C34H44N2O4. The molecule has 40 heavy (non-hydrogen) atoms. The molecule has 2 fully saturated rings. The van der Waals surface area contributed by atoms with Gasteiger partial charge in [0.25, 0.3) is 0 Å². The molecule has 2 aromatic rings. The molecule has 0 spiro atoms. The fourth-order valence-electron chi connectivity index (χ4n) is 9.90. The number of aryl methyl sites for hydroxylation is 2. The number of amides is 2. The van der Waals surface area contributed by atoms with Gasteiger partial charge >= 0.3 is 0 Å². The largest absolute Gasteiger partial charge is 0.508 e. The molecule has 6 nitrogen and oxygen atoms in total. The Morgan fingerprint density at radius 2 is 1.30 bits per heavy atom. The van der Waals surface area contributed by atoms with Gasteiger partial charge in [0.15, 0.2) is 0 Å². The SMILES string of the molecule is C[C@]1(C(=O)NC(=O)[C@@]2(C)CCC[C@]3(C)c4cc(N)c(O)cc4CC[C@@H]23)CCC[C@]2(C)c3cc(O)ccc3CC[C@@H]12. The van der Waals surface area contributed by atoms with E-state index in [1.165, 1.54) is 5.56 Å². The van der Waals surface area contributed by atoms with Gasteiger partial charge in [-0.3, -0.25) is 14.9 Å². The molecule has 6 atom stereocenters. The number of nitrogens with one attached hydrogen (secondary N) is 1. The van der Waals surface area contributed by atoms with Gasteiger partial charge in [0.1, 0.15) is 11.5 Å². The first kappa shape index (κ1) is 27.2. The van der Waals surface area contributed by atoms with Crippen LogP contribution in [0.1, 0.15) is 101 Å². The quantitative estimate of drug-likeness (QED) is 0.209. The summed E-state index contributed by atoms with van der Waals surface area (Å²) in [6.45, 7) is 8.60. The maximum atomic E-state index is 14.2. The smallest absolute Gasteiger partial charge is 0.232 e. The molecule has 4 aliphatic carbocycles. The third-order valence-corrected chi connectivity index (χ3v) is 12.1. The predicted molar refractivity (Wildman–Crippen MR) is 156 cm³/mol. The maximum Gasteiger partial charge on any atom is 0.232 e. The summed E-state index contributed by atoms with van der Waals surface area (Å²) in [7, 11) is 0. The minimum Gasteiger partial charge on any atom is -0.508 e. The van der Waals surface area contributed by atoms with E-state index in [0.29, 0.717) is 5.69 Å². The summed E-state index contributed by atoms with van der Waals surface area (Å²) in [4.78, 5) is 28.4. The first-order chi connectivity index (χ1) is 18.8. The van der Waals surface area contributed by atoms with Gasteiger partial charge in [-0.15, -0.1) is 0 Å². The molecule has 2 aromatic carbocycles. The molecule has 214 valence electrons. The van der Waals surface area contributed by atoms with Gasteiger partial charge in [-0.05, 0) is 121 Å². The first-order valence-corrected chi connectivity index (χ1v) is 15.1. The number of rotatable bonds is 2. The Balaban J connectivity index is 1.28. The Morgan fingerprint density at radius 1 is 0.775 bits per heavy atom. The van der Waals surface area contributed by atoms with E-state index in [1.54, 1.807) is 12.1 Å². The number of aromatic hydroxyl groups is 2. The topological polar surface area (TPSA) is 113 Å². The van der Waals surface area contributed by atoms with Crippen molar-refractivity contribution in [2.45, 2.75) is 103 Å². The molecule has 0 aliphatic heterocycles. The third kappa shape index (κ3) is 3.74. The predicted octanol–water partition coefficient (Wildman–Crippen LogP) is 6.04. The van der Waals surface area contributed by atoms with Crippen molar-refractivity contribution < 1.29 is 19.8 Å². The number of phenols is 2. The Morgan fingerprint density at radius 3 is 1.88 bits per heavy atom. The highest BCUT2D eigenvalue weighted by Gasteiger charge is 2.58. The van der Waals surface area contributed by atoms with Crippen molar-refractivity contribution in [1.82, 2.24) is 5.32 Å². The van der Waals surface area contributed by atoms with Gasteiger partial charge in [-0.2, -0.15) is 0 Å². The lowest BCUT2D eigenvalue weighted by molar-refractivity contribution is -0.150. The second-order valence-corrected chi connectivity index (χ2v) is 14.3. The van der Waals surface area contributed by atoms with Crippen LogP contribution in [0, 0.1) is 22.7 Å². The van der Waals surface area contributed by atoms with Crippen LogP contribution >= 0.6 is 0 Å². The molecule has 6 heteroatoms. The summed E-state index contributed by atoms with van der Waals surface area (Å²) in [5.74, 6) is 0.272. The van der Waals surface area contributed by atoms with Crippen molar-refractivity contribution in [3.63, 3.8) is 0 Å². The average molecular weight is 545 g/mol. The van der Waals surface area contributed by atoms with Crippen LogP contribution in [0.2, 0.25) is 0 Å². The van der Waals surface area contributed by atoms with Crippen molar-refractivity contribution in [3.05, 3.63) is 52.6 Å².